The molecule has 0 spiro atoms. The van der Waals surface area contributed by atoms with E-state index in [-0.39, 0.29) is 12.5 Å². The second kappa shape index (κ2) is 10.0. The molecule has 0 saturated carbocycles. The monoisotopic (exact) mass is 464 g/mol. The largest absolute Gasteiger partial charge is 0.493 e. The molecule has 2 N–H and O–H groups in total. The summed E-state index contributed by atoms with van der Waals surface area (Å²) in [5.41, 5.74) is 3.54. The molecule has 3 aromatic carbocycles. The maximum absolute atomic E-state index is 13.9. The first-order chi connectivity index (χ1) is 16.3. The highest BCUT2D eigenvalue weighted by atomic mass is 19.1. The van der Waals surface area contributed by atoms with E-state index < -0.39 is 35.1 Å². The summed E-state index contributed by atoms with van der Waals surface area (Å²) in [6, 6.07) is 16.2. The minimum atomic E-state index is -0.976. The highest BCUT2D eigenvalue weighted by molar-refractivity contribution is 5.98. The van der Waals surface area contributed by atoms with Crippen LogP contribution in [-0.2, 0) is 17.8 Å². The van der Waals surface area contributed by atoms with E-state index >= 15 is 0 Å². The van der Waals surface area contributed by atoms with E-state index in [0.29, 0.717) is 6.61 Å². The lowest BCUT2D eigenvalue weighted by molar-refractivity contribution is -0.124. The van der Waals surface area contributed by atoms with Gasteiger partial charge >= 0.3 is 0 Å². The Morgan fingerprint density at radius 3 is 2.32 bits per heavy atom. The molecule has 0 radical (unpaired) electrons. The Morgan fingerprint density at radius 1 is 0.971 bits per heavy atom. The number of hydrogen-bond donors (Lipinski definition) is 2. The van der Waals surface area contributed by atoms with Crippen LogP contribution in [0.3, 0.4) is 0 Å². The van der Waals surface area contributed by atoms with Crippen LogP contribution in [0.15, 0.2) is 60.7 Å². The minimum Gasteiger partial charge on any atom is -0.493 e. The zero-order valence-electron chi connectivity index (χ0n) is 19.0. The number of carbonyl (C=O) groups is 2. The number of halogens is 2. The van der Waals surface area contributed by atoms with Crippen LogP contribution in [0, 0.1) is 17.6 Å². The average molecular weight is 465 g/mol. The average Bonchev–Trinajstić information content (AvgIpc) is 3.29. The predicted molar refractivity (Wildman–Crippen MR) is 125 cm³/mol. The molecule has 0 unspecified atom stereocenters. The molecule has 7 heteroatoms. The van der Waals surface area contributed by atoms with Gasteiger partial charge in [-0.2, -0.15) is 0 Å². The first kappa shape index (κ1) is 23.4. The van der Waals surface area contributed by atoms with E-state index in [1.165, 1.54) is 11.6 Å². The molecule has 176 valence electrons. The van der Waals surface area contributed by atoms with Gasteiger partial charge in [0.15, 0.2) is 0 Å². The van der Waals surface area contributed by atoms with Crippen molar-refractivity contribution in [3.63, 3.8) is 0 Å². The van der Waals surface area contributed by atoms with Gasteiger partial charge in [-0.25, -0.2) is 8.78 Å². The Balaban J connectivity index is 1.39. The molecule has 34 heavy (non-hydrogen) atoms. The van der Waals surface area contributed by atoms with Crippen molar-refractivity contribution in [1.29, 1.82) is 0 Å². The van der Waals surface area contributed by atoms with Crippen LogP contribution in [0.2, 0.25) is 0 Å². The SMILES string of the molecule is CC(C)[C@H](NC(=O)c1c(F)cccc1F)C(=O)NCc1ccc(-c2ccc3c(c2)CCO3)cc1. The molecule has 2 amide bonds. The molecule has 3 aromatic rings. The summed E-state index contributed by atoms with van der Waals surface area (Å²) < 4.78 is 33.4. The van der Waals surface area contributed by atoms with E-state index in [1.54, 1.807) is 13.8 Å². The van der Waals surface area contributed by atoms with E-state index in [1.807, 2.05) is 36.4 Å². The van der Waals surface area contributed by atoms with Crippen LogP contribution in [0.1, 0.15) is 35.3 Å². The Labute approximate surface area is 197 Å². The number of ether oxygens (including phenoxy) is 1. The van der Waals surface area contributed by atoms with Crippen molar-refractivity contribution in [2.75, 3.05) is 6.61 Å². The van der Waals surface area contributed by atoms with Gasteiger partial charge in [-0.15, -0.1) is 0 Å². The molecule has 1 aliphatic heterocycles. The number of amides is 2. The van der Waals surface area contributed by atoms with Crippen molar-refractivity contribution in [3.8, 4) is 16.9 Å². The third kappa shape index (κ3) is 5.09. The summed E-state index contributed by atoms with van der Waals surface area (Å²) in [6.45, 7) is 4.46. The van der Waals surface area contributed by atoms with Crippen molar-refractivity contribution in [3.05, 3.63) is 89.0 Å². The van der Waals surface area contributed by atoms with Crippen LogP contribution in [0.4, 0.5) is 8.78 Å². The van der Waals surface area contributed by atoms with Gasteiger partial charge in [0, 0.05) is 13.0 Å². The third-order valence-electron chi connectivity index (χ3n) is 5.87. The summed E-state index contributed by atoms with van der Waals surface area (Å²) in [7, 11) is 0. The standard InChI is InChI=1S/C27H26F2N2O3/c1-16(2)25(31-26(32)24-21(28)4-3-5-22(24)29)27(33)30-15-17-6-8-18(9-7-17)19-10-11-23-20(14-19)12-13-34-23/h3-11,14,16,25H,12-13,15H2,1-2H3,(H,30,33)(H,31,32)/t25-/m0/s1. The van der Waals surface area contributed by atoms with Crippen LogP contribution in [-0.4, -0.2) is 24.5 Å². The quantitative estimate of drug-likeness (QED) is 0.536. The number of hydrogen-bond acceptors (Lipinski definition) is 3. The van der Waals surface area contributed by atoms with Gasteiger partial charge in [-0.3, -0.25) is 9.59 Å². The van der Waals surface area contributed by atoms with Gasteiger partial charge in [0.2, 0.25) is 5.91 Å². The van der Waals surface area contributed by atoms with Gasteiger partial charge in [0.1, 0.15) is 29.0 Å². The molecular formula is C27H26F2N2O3. The van der Waals surface area contributed by atoms with Crippen molar-refractivity contribution < 1.29 is 23.1 Å². The molecule has 1 heterocycles. The normalized spacial score (nSPS) is 13.2. The summed E-state index contributed by atoms with van der Waals surface area (Å²) >= 11 is 0. The number of carbonyl (C=O) groups excluding carboxylic acids is 2. The molecular weight excluding hydrogens is 438 g/mol. The van der Waals surface area contributed by atoms with Gasteiger partial charge in [0.25, 0.3) is 5.91 Å². The second-order valence-electron chi connectivity index (χ2n) is 8.63. The Hall–Kier alpha value is -3.74. The fraction of sp³-hybridized carbons (Fsp3) is 0.259. The highest BCUT2D eigenvalue weighted by Crippen LogP contribution is 2.30. The smallest absolute Gasteiger partial charge is 0.257 e. The van der Waals surface area contributed by atoms with E-state index in [0.717, 1.165) is 41.0 Å². The molecule has 0 saturated heterocycles. The highest BCUT2D eigenvalue weighted by Gasteiger charge is 2.27. The molecule has 0 bridgehead atoms. The molecule has 1 atom stereocenters. The summed E-state index contributed by atoms with van der Waals surface area (Å²) in [5, 5.41) is 5.26. The van der Waals surface area contributed by atoms with Crippen LogP contribution < -0.4 is 15.4 Å². The van der Waals surface area contributed by atoms with Gasteiger partial charge in [-0.1, -0.05) is 50.2 Å². The summed E-state index contributed by atoms with van der Waals surface area (Å²) in [4.78, 5) is 25.2. The molecule has 0 aromatic heterocycles. The van der Waals surface area contributed by atoms with Crippen LogP contribution in [0.25, 0.3) is 11.1 Å². The van der Waals surface area contributed by atoms with Crippen LogP contribution in [0.5, 0.6) is 5.75 Å². The molecule has 0 fully saturated rings. The lowest BCUT2D eigenvalue weighted by Crippen LogP contribution is -2.49. The number of rotatable bonds is 7. The van der Waals surface area contributed by atoms with Crippen molar-refractivity contribution in [2.45, 2.75) is 32.9 Å². The predicted octanol–water partition coefficient (Wildman–Crippen LogP) is 4.64. The summed E-state index contributed by atoms with van der Waals surface area (Å²) in [6.07, 6.45) is 0.907. The zero-order chi connectivity index (χ0) is 24.2. The first-order valence-electron chi connectivity index (χ1n) is 11.2. The lowest BCUT2D eigenvalue weighted by Gasteiger charge is -2.22. The molecule has 1 aliphatic rings. The minimum absolute atomic E-state index is 0.254. The van der Waals surface area contributed by atoms with Gasteiger partial charge in [0.05, 0.1) is 6.61 Å². The summed E-state index contributed by atoms with van der Waals surface area (Å²) in [5.74, 6) is -2.69. The maximum Gasteiger partial charge on any atom is 0.257 e. The Morgan fingerprint density at radius 2 is 1.65 bits per heavy atom. The number of nitrogens with one attached hydrogen (secondary N) is 2. The third-order valence-corrected chi connectivity index (χ3v) is 5.87. The van der Waals surface area contributed by atoms with Crippen LogP contribution >= 0.6 is 0 Å². The zero-order valence-corrected chi connectivity index (χ0v) is 19.0. The Bertz CT molecular complexity index is 1190. The number of benzene rings is 3. The Kier molecular flexibility index (Phi) is 6.91. The van der Waals surface area contributed by atoms with Crippen molar-refractivity contribution in [2.24, 2.45) is 5.92 Å². The van der Waals surface area contributed by atoms with E-state index in [2.05, 4.69) is 16.7 Å². The first-order valence-corrected chi connectivity index (χ1v) is 11.2. The second-order valence-corrected chi connectivity index (χ2v) is 8.63. The lowest BCUT2D eigenvalue weighted by atomic mass is 10.0. The molecule has 5 nitrogen and oxygen atoms in total. The topological polar surface area (TPSA) is 67.4 Å². The van der Waals surface area contributed by atoms with Crippen molar-refractivity contribution in [1.82, 2.24) is 10.6 Å². The van der Waals surface area contributed by atoms with Gasteiger partial charge < -0.3 is 15.4 Å². The van der Waals surface area contributed by atoms with Crippen molar-refractivity contribution >= 4 is 11.8 Å². The maximum atomic E-state index is 13.9. The molecule has 0 aliphatic carbocycles. The van der Waals surface area contributed by atoms with E-state index in [9.17, 15) is 18.4 Å². The fourth-order valence-corrected chi connectivity index (χ4v) is 3.94. The van der Waals surface area contributed by atoms with E-state index in [4.69, 9.17) is 4.74 Å². The number of fused-ring (bicyclic) bond motifs is 1. The molecule has 4 rings (SSSR count). The van der Waals surface area contributed by atoms with Gasteiger partial charge in [-0.05, 0) is 52.4 Å². The fourth-order valence-electron chi connectivity index (χ4n) is 3.94.